The van der Waals surface area contributed by atoms with E-state index in [9.17, 15) is 13.2 Å². The third-order valence-electron chi connectivity index (χ3n) is 4.25. The number of halogens is 4. The zero-order valence-electron chi connectivity index (χ0n) is 16.6. The van der Waals surface area contributed by atoms with E-state index in [1.807, 2.05) is 21.7 Å². The standard InChI is InChI=1S/C20H22BrF3N4O/c1-19(2,3)12-28-15-10-9-14(17(21)18(15)25-26-28)27(4)11-13-7-5-6-8-16(13)29-20(22,23)24/h5-10H,11-12H2,1-4H3. The SMILES string of the molecule is CN(Cc1ccccc1OC(F)(F)F)c1ccc2c(nnn2CC(C)(C)C)c1Br. The molecule has 3 aromatic rings. The quantitative estimate of drug-likeness (QED) is 0.474. The number of rotatable bonds is 5. The minimum atomic E-state index is -4.74. The smallest absolute Gasteiger partial charge is 0.405 e. The molecular formula is C20H22BrF3N4O. The molecule has 1 aromatic heterocycles. The number of hydrogen-bond donors (Lipinski definition) is 0. The second-order valence-electron chi connectivity index (χ2n) is 8.09. The van der Waals surface area contributed by atoms with Crippen LogP contribution >= 0.6 is 15.9 Å². The minimum absolute atomic E-state index is 0.0464. The summed E-state index contributed by atoms with van der Waals surface area (Å²) < 4.78 is 44.8. The van der Waals surface area contributed by atoms with Crippen LogP contribution in [-0.4, -0.2) is 28.4 Å². The largest absolute Gasteiger partial charge is 0.573 e. The van der Waals surface area contributed by atoms with Crippen LogP contribution < -0.4 is 9.64 Å². The number of alkyl halides is 3. The van der Waals surface area contributed by atoms with Crippen molar-refractivity contribution < 1.29 is 17.9 Å². The van der Waals surface area contributed by atoms with Crippen molar-refractivity contribution in [3.63, 3.8) is 0 Å². The molecule has 0 N–H and O–H groups in total. The molecule has 3 rings (SSSR count). The van der Waals surface area contributed by atoms with Crippen LogP contribution in [0.4, 0.5) is 18.9 Å². The van der Waals surface area contributed by atoms with Crippen LogP contribution in [0, 0.1) is 5.41 Å². The van der Waals surface area contributed by atoms with Crippen LogP contribution in [0.1, 0.15) is 26.3 Å². The van der Waals surface area contributed by atoms with E-state index >= 15 is 0 Å². The lowest BCUT2D eigenvalue weighted by Crippen LogP contribution is -2.21. The van der Waals surface area contributed by atoms with Crippen LogP contribution in [0.5, 0.6) is 5.75 Å². The molecule has 29 heavy (non-hydrogen) atoms. The summed E-state index contributed by atoms with van der Waals surface area (Å²) in [6.07, 6.45) is -4.74. The van der Waals surface area contributed by atoms with Crippen molar-refractivity contribution in [1.82, 2.24) is 15.0 Å². The van der Waals surface area contributed by atoms with Gasteiger partial charge < -0.3 is 9.64 Å². The summed E-state index contributed by atoms with van der Waals surface area (Å²) in [4.78, 5) is 1.84. The highest BCUT2D eigenvalue weighted by atomic mass is 79.9. The van der Waals surface area contributed by atoms with Crippen molar-refractivity contribution in [2.75, 3.05) is 11.9 Å². The van der Waals surface area contributed by atoms with Crippen molar-refractivity contribution in [2.45, 2.75) is 40.2 Å². The van der Waals surface area contributed by atoms with Crippen molar-refractivity contribution in [1.29, 1.82) is 0 Å². The fraction of sp³-hybridized carbons (Fsp3) is 0.400. The van der Waals surface area contributed by atoms with Crippen LogP contribution in [-0.2, 0) is 13.1 Å². The maximum Gasteiger partial charge on any atom is 0.573 e. The number of benzene rings is 2. The van der Waals surface area contributed by atoms with E-state index < -0.39 is 6.36 Å². The Morgan fingerprint density at radius 1 is 1.10 bits per heavy atom. The Labute approximate surface area is 175 Å². The van der Waals surface area contributed by atoms with Crippen LogP contribution in [0.15, 0.2) is 40.9 Å². The minimum Gasteiger partial charge on any atom is -0.405 e. The van der Waals surface area contributed by atoms with Crippen molar-refractivity contribution >= 4 is 32.7 Å². The Kier molecular flexibility index (Phi) is 5.80. The highest BCUT2D eigenvalue weighted by Crippen LogP contribution is 2.35. The van der Waals surface area contributed by atoms with Gasteiger partial charge in [0, 0.05) is 25.7 Å². The number of fused-ring (bicyclic) bond motifs is 1. The van der Waals surface area contributed by atoms with Crippen molar-refractivity contribution in [2.24, 2.45) is 5.41 Å². The fourth-order valence-corrected chi connectivity index (χ4v) is 3.77. The van der Waals surface area contributed by atoms with Gasteiger partial charge in [0.1, 0.15) is 11.3 Å². The molecule has 0 aliphatic rings. The van der Waals surface area contributed by atoms with Crippen molar-refractivity contribution in [3.8, 4) is 5.75 Å². The summed E-state index contributed by atoms with van der Waals surface area (Å²) in [6.45, 7) is 7.31. The molecule has 2 aromatic carbocycles. The fourth-order valence-electron chi connectivity index (χ4n) is 3.05. The number of para-hydroxylation sites is 1. The first kappa shape index (κ1) is 21.4. The first-order chi connectivity index (χ1) is 13.4. The molecule has 0 spiro atoms. The summed E-state index contributed by atoms with van der Waals surface area (Å²) in [7, 11) is 1.80. The van der Waals surface area contributed by atoms with E-state index in [1.165, 1.54) is 12.1 Å². The molecule has 156 valence electrons. The highest BCUT2D eigenvalue weighted by molar-refractivity contribution is 9.10. The Balaban J connectivity index is 1.89. The number of ether oxygens (including phenoxy) is 1. The number of hydrogen-bond acceptors (Lipinski definition) is 4. The molecule has 0 saturated carbocycles. The van der Waals surface area contributed by atoms with Gasteiger partial charge in [0.05, 0.1) is 15.7 Å². The van der Waals surface area contributed by atoms with E-state index in [1.54, 1.807) is 19.2 Å². The van der Waals surface area contributed by atoms with Crippen LogP contribution in [0.3, 0.4) is 0 Å². The summed E-state index contributed by atoms with van der Waals surface area (Å²) in [5.74, 6) is -0.208. The molecule has 0 aliphatic heterocycles. The predicted octanol–water partition coefficient (Wildman–Crippen LogP) is 5.77. The molecule has 0 unspecified atom stereocenters. The summed E-state index contributed by atoms with van der Waals surface area (Å²) >= 11 is 3.59. The molecule has 0 amide bonds. The Morgan fingerprint density at radius 2 is 1.79 bits per heavy atom. The third kappa shape index (κ3) is 5.20. The molecule has 0 aliphatic carbocycles. The molecule has 0 saturated heterocycles. The average Bonchev–Trinajstić information content (AvgIpc) is 2.97. The second-order valence-corrected chi connectivity index (χ2v) is 8.88. The maximum atomic E-state index is 12.7. The van der Waals surface area contributed by atoms with Gasteiger partial charge in [-0.25, -0.2) is 4.68 Å². The lowest BCUT2D eigenvalue weighted by molar-refractivity contribution is -0.274. The summed E-state index contributed by atoms with van der Waals surface area (Å²) in [5, 5.41) is 8.54. The molecule has 1 heterocycles. The molecule has 5 nitrogen and oxygen atoms in total. The summed E-state index contributed by atoms with van der Waals surface area (Å²) in [5.41, 5.74) is 2.87. The first-order valence-corrected chi connectivity index (χ1v) is 9.80. The van der Waals surface area contributed by atoms with E-state index in [2.05, 4.69) is 51.8 Å². The summed E-state index contributed by atoms with van der Waals surface area (Å²) in [6, 6.07) is 9.96. The molecule has 0 atom stereocenters. The molecule has 0 radical (unpaired) electrons. The van der Waals surface area contributed by atoms with Gasteiger partial charge in [-0.15, -0.1) is 18.3 Å². The normalized spacial score (nSPS) is 12.4. The monoisotopic (exact) mass is 470 g/mol. The Bertz CT molecular complexity index is 1010. The lowest BCUT2D eigenvalue weighted by atomic mass is 9.97. The van der Waals surface area contributed by atoms with Crippen LogP contribution in [0.25, 0.3) is 11.0 Å². The first-order valence-electron chi connectivity index (χ1n) is 9.01. The molecular weight excluding hydrogens is 449 g/mol. The lowest BCUT2D eigenvalue weighted by Gasteiger charge is -2.23. The second kappa shape index (κ2) is 7.85. The van der Waals surface area contributed by atoms with Gasteiger partial charge in [0.15, 0.2) is 0 Å². The van der Waals surface area contributed by atoms with E-state index in [4.69, 9.17) is 0 Å². The van der Waals surface area contributed by atoms with Gasteiger partial charge in [-0.2, -0.15) is 0 Å². The Hall–Kier alpha value is -2.29. The zero-order valence-corrected chi connectivity index (χ0v) is 18.2. The van der Waals surface area contributed by atoms with E-state index in [0.29, 0.717) is 17.6 Å². The zero-order chi connectivity index (χ0) is 21.4. The molecule has 9 heteroatoms. The van der Waals surface area contributed by atoms with Gasteiger partial charge in [-0.3, -0.25) is 0 Å². The third-order valence-corrected chi connectivity index (χ3v) is 5.03. The van der Waals surface area contributed by atoms with Gasteiger partial charge >= 0.3 is 6.36 Å². The van der Waals surface area contributed by atoms with Gasteiger partial charge in [-0.05, 0) is 39.5 Å². The average molecular weight is 471 g/mol. The predicted molar refractivity (Wildman–Crippen MR) is 110 cm³/mol. The number of aromatic nitrogens is 3. The number of anilines is 1. The van der Waals surface area contributed by atoms with E-state index in [0.717, 1.165) is 15.7 Å². The number of nitrogens with zero attached hydrogens (tertiary/aromatic N) is 4. The molecule has 0 fully saturated rings. The van der Waals surface area contributed by atoms with Crippen LogP contribution in [0.2, 0.25) is 0 Å². The molecule has 0 bridgehead atoms. The van der Waals surface area contributed by atoms with Gasteiger partial charge in [-0.1, -0.05) is 44.2 Å². The van der Waals surface area contributed by atoms with Gasteiger partial charge in [0.2, 0.25) is 0 Å². The van der Waals surface area contributed by atoms with Gasteiger partial charge in [0.25, 0.3) is 0 Å². The van der Waals surface area contributed by atoms with E-state index in [-0.39, 0.29) is 17.7 Å². The highest BCUT2D eigenvalue weighted by Gasteiger charge is 2.32. The maximum absolute atomic E-state index is 12.7. The Morgan fingerprint density at radius 3 is 2.45 bits per heavy atom. The topological polar surface area (TPSA) is 43.2 Å². The van der Waals surface area contributed by atoms with Crippen molar-refractivity contribution in [3.05, 3.63) is 46.4 Å².